The third-order valence-electron chi connectivity index (χ3n) is 10.5. The Bertz CT molecular complexity index is 2890. The summed E-state index contributed by atoms with van der Waals surface area (Å²) in [5.41, 5.74) is 16.0. The zero-order valence-electron chi connectivity index (χ0n) is 38.7. The number of benzene rings is 1. The van der Waals surface area contributed by atoms with Crippen LogP contribution < -0.4 is 16.0 Å². The molecule has 0 atom stereocenters. The second kappa shape index (κ2) is 24.9. The summed E-state index contributed by atoms with van der Waals surface area (Å²) in [5, 5.41) is 25.1. The molecule has 27 heteroatoms. The molecule has 0 saturated heterocycles. The molecule has 6 aromatic rings. The van der Waals surface area contributed by atoms with E-state index in [-0.39, 0.29) is 37.6 Å². The number of pyridine rings is 4. The van der Waals surface area contributed by atoms with Crippen molar-refractivity contribution in [3.8, 4) is 6.07 Å². The van der Waals surface area contributed by atoms with E-state index in [1.165, 1.54) is 51.4 Å². The summed E-state index contributed by atoms with van der Waals surface area (Å²) in [4.78, 5) is 27.1. The number of anilines is 2. The normalized spacial score (nSPS) is 12.3. The average molecular weight is 1060 g/mol. The van der Waals surface area contributed by atoms with Crippen molar-refractivity contribution in [1.29, 1.82) is 5.26 Å². The average Bonchev–Trinajstić information content (AvgIpc) is 3.32. The molecule has 0 radical (unpaired) electrons. The van der Waals surface area contributed by atoms with Crippen molar-refractivity contribution in [3.63, 3.8) is 0 Å². The molecule has 1 aliphatic heterocycles. The van der Waals surface area contributed by atoms with Crippen LogP contribution in [0.25, 0.3) is 10.4 Å². The van der Waals surface area contributed by atoms with E-state index in [9.17, 15) is 57.9 Å². The van der Waals surface area contributed by atoms with Crippen LogP contribution in [0, 0.1) is 39.0 Å². The number of aromatic nitrogens is 6. The van der Waals surface area contributed by atoms with Crippen molar-refractivity contribution < 1.29 is 57.8 Å². The number of rotatable bonds is 8. The SMILES string of the molecule is Cc1nc(C(F)(F)F)ccc1CN.Cc1nc(C(F)(F)F)ccc1CN=[N+]=[N-].Cc1nc(C(F)(F)F)ccc1CNc1ncnc2c1CN(c1ccc(Cl)cc1C#N)CC2.Cc1nc(C(F)(F)F)ccc1CO. The molecule has 1 aliphatic rings. The van der Waals surface area contributed by atoms with Gasteiger partial charge in [-0.25, -0.2) is 29.9 Å². The number of nitrogens with two attached hydrogens (primary N) is 1. The summed E-state index contributed by atoms with van der Waals surface area (Å²) >= 11 is 6.02. The number of hydrogen-bond acceptors (Lipinski definition) is 12. The lowest BCUT2D eigenvalue weighted by Gasteiger charge is -2.31. The van der Waals surface area contributed by atoms with Gasteiger partial charge in [-0.05, 0) is 97.9 Å². The second-order valence-electron chi connectivity index (χ2n) is 15.5. The van der Waals surface area contributed by atoms with Gasteiger partial charge < -0.3 is 21.1 Å². The Balaban J connectivity index is 0.000000235. The summed E-state index contributed by atoms with van der Waals surface area (Å²) in [6.45, 7) is 7.29. The fourth-order valence-electron chi connectivity index (χ4n) is 6.59. The molecule has 0 aliphatic carbocycles. The van der Waals surface area contributed by atoms with Gasteiger partial charge in [-0.15, -0.1) is 0 Å². The maximum absolute atomic E-state index is 12.9. The van der Waals surface area contributed by atoms with Gasteiger partial charge in [-0.3, -0.25) is 0 Å². The summed E-state index contributed by atoms with van der Waals surface area (Å²) < 4.78 is 148. The van der Waals surface area contributed by atoms with Gasteiger partial charge in [0.1, 0.15) is 41.0 Å². The third-order valence-corrected chi connectivity index (χ3v) is 10.7. The Morgan fingerprint density at radius 3 is 1.60 bits per heavy atom. The van der Waals surface area contributed by atoms with Crippen molar-refractivity contribution in [2.45, 2.75) is 91.6 Å². The first-order chi connectivity index (χ1) is 34.1. The number of alkyl halides is 12. The molecular formula is C46H42ClF12N13O. The largest absolute Gasteiger partial charge is 0.433 e. The van der Waals surface area contributed by atoms with Gasteiger partial charge in [0.05, 0.1) is 30.1 Å². The molecule has 0 saturated carbocycles. The molecule has 0 fully saturated rings. The monoisotopic (exact) mass is 1060 g/mol. The van der Waals surface area contributed by atoms with Gasteiger partial charge in [0, 0.05) is 70.9 Å². The quantitative estimate of drug-likeness (QED) is 0.0565. The number of nitriles is 1. The van der Waals surface area contributed by atoms with Crippen LogP contribution in [0.4, 0.5) is 64.2 Å². The molecule has 0 unspecified atom stereocenters. The number of aryl methyl sites for hydroxylation is 4. The van der Waals surface area contributed by atoms with Crippen LogP contribution in [0.15, 0.2) is 78.2 Å². The summed E-state index contributed by atoms with van der Waals surface area (Å²) in [6.07, 6.45) is -15.6. The van der Waals surface area contributed by atoms with Crippen molar-refractivity contribution >= 4 is 23.1 Å². The van der Waals surface area contributed by atoms with Crippen molar-refractivity contribution in [3.05, 3.63) is 173 Å². The maximum Gasteiger partial charge on any atom is 0.433 e. The van der Waals surface area contributed by atoms with Gasteiger partial charge in [0.25, 0.3) is 0 Å². The first-order valence-corrected chi connectivity index (χ1v) is 21.5. The standard InChI is InChI=1S/C22H18ClF3N6.C8H7F3N4.C8H9F3N2.C8H8F3NO/c1-13-14(2-5-20(31-13)22(24,25)26)10-28-21-17-11-32(7-6-18(17)29-12-30-21)19-4-3-16(23)8-15(19)9-27;1-5-6(4-13-15-12)2-3-7(14-5)8(9,10)11;1-5-6(4-12)2-3-7(13-5)8(9,10)11;1-5-6(4-13)2-3-7(12-5)8(9,10)11/h2-5,8,12H,6-7,10-11H2,1H3,(H,28,29,30);2-3H,4H2,1H3;2-3H,4,12H2,1H3;2-3,13H,4H2,1H3. The highest BCUT2D eigenvalue weighted by Crippen LogP contribution is 2.33. The fourth-order valence-corrected chi connectivity index (χ4v) is 6.76. The summed E-state index contributed by atoms with van der Waals surface area (Å²) in [6, 6.07) is 16.3. The Morgan fingerprint density at radius 2 is 1.18 bits per heavy atom. The molecular weight excluding hydrogens is 1010 g/mol. The van der Waals surface area contributed by atoms with Crippen LogP contribution in [-0.4, -0.2) is 41.6 Å². The van der Waals surface area contributed by atoms with Crippen molar-refractivity contribution in [2.75, 3.05) is 16.8 Å². The first kappa shape index (κ1) is 58.2. The van der Waals surface area contributed by atoms with E-state index < -0.39 is 47.5 Å². The number of aliphatic hydroxyl groups is 1. The zero-order chi connectivity index (χ0) is 54.5. The highest BCUT2D eigenvalue weighted by molar-refractivity contribution is 6.30. The van der Waals surface area contributed by atoms with Gasteiger partial charge >= 0.3 is 24.7 Å². The van der Waals surface area contributed by atoms with Gasteiger partial charge in [-0.2, -0.15) is 57.9 Å². The van der Waals surface area contributed by atoms with Crippen LogP contribution in [-0.2, 0) is 63.9 Å². The Labute approximate surface area is 413 Å². The number of hydrogen-bond donors (Lipinski definition) is 3. The molecule has 0 amide bonds. The Hall–Kier alpha value is -7.33. The number of azide groups is 1. The zero-order valence-corrected chi connectivity index (χ0v) is 39.5. The van der Waals surface area contributed by atoms with Crippen molar-refractivity contribution in [1.82, 2.24) is 29.9 Å². The van der Waals surface area contributed by atoms with E-state index in [1.807, 2.05) is 6.07 Å². The van der Waals surface area contributed by atoms with E-state index in [0.29, 0.717) is 69.6 Å². The minimum atomic E-state index is -4.48. The molecule has 0 bridgehead atoms. The van der Waals surface area contributed by atoms with E-state index >= 15 is 0 Å². The third kappa shape index (κ3) is 16.6. The smallest absolute Gasteiger partial charge is 0.392 e. The van der Waals surface area contributed by atoms with E-state index in [0.717, 1.165) is 41.2 Å². The number of nitrogens with zero attached hydrogens (tertiary/aromatic N) is 11. The van der Waals surface area contributed by atoms with E-state index in [4.69, 9.17) is 28.0 Å². The molecule has 5 aromatic heterocycles. The molecule has 0 spiro atoms. The lowest BCUT2D eigenvalue weighted by Crippen LogP contribution is -2.32. The lowest BCUT2D eigenvalue weighted by molar-refractivity contribution is -0.142. The topological polar surface area (TPSA) is 211 Å². The van der Waals surface area contributed by atoms with Crippen LogP contribution in [0.3, 0.4) is 0 Å². The predicted molar refractivity (Wildman–Crippen MR) is 243 cm³/mol. The van der Waals surface area contributed by atoms with Crippen LogP contribution in [0.2, 0.25) is 5.02 Å². The van der Waals surface area contributed by atoms with Crippen molar-refractivity contribution in [2.24, 2.45) is 10.8 Å². The Kier molecular flexibility index (Phi) is 19.8. The highest BCUT2D eigenvalue weighted by Gasteiger charge is 2.35. The van der Waals surface area contributed by atoms with Gasteiger partial charge in [0.15, 0.2) is 0 Å². The number of halogens is 13. The number of aliphatic hydroxyl groups excluding tert-OH is 1. The minimum absolute atomic E-state index is 0.00741. The molecule has 4 N–H and O–H groups in total. The fraction of sp³-hybridized carbons (Fsp3) is 0.326. The first-order valence-electron chi connectivity index (χ1n) is 21.1. The summed E-state index contributed by atoms with van der Waals surface area (Å²) in [5.74, 6) is 0.603. The summed E-state index contributed by atoms with van der Waals surface area (Å²) in [7, 11) is 0. The van der Waals surface area contributed by atoms with Gasteiger partial charge in [-0.1, -0.05) is 41.0 Å². The van der Waals surface area contributed by atoms with Gasteiger partial charge in [0.2, 0.25) is 0 Å². The minimum Gasteiger partial charge on any atom is -0.392 e. The van der Waals surface area contributed by atoms with E-state index in [1.54, 1.807) is 19.1 Å². The number of fused-ring (bicyclic) bond motifs is 1. The lowest BCUT2D eigenvalue weighted by atomic mass is 10.0. The van der Waals surface area contributed by atoms with Crippen LogP contribution >= 0.6 is 11.6 Å². The molecule has 14 nitrogen and oxygen atoms in total. The van der Waals surface area contributed by atoms with Crippen LogP contribution in [0.5, 0.6) is 0 Å². The molecule has 7 rings (SSSR count). The maximum atomic E-state index is 12.9. The number of nitrogens with one attached hydrogen (secondary N) is 1. The van der Waals surface area contributed by atoms with E-state index in [2.05, 4.69) is 56.2 Å². The molecule has 388 valence electrons. The Morgan fingerprint density at radius 1 is 0.712 bits per heavy atom. The molecule has 6 heterocycles. The predicted octanol–water partition coefficient (Wildman–Crippen LogP) is 11.9. The second-order valence-corrected chi connectivity index (χ2v) is 15.9. The van der Waals surface area contributed by atoms with Crippen LogP contribution in [0.1, 0.15) is 84.6 Å². The highest BCUT2D eigenvalue weighted by atomic mass is 35.5. The molecule has 73 heavy (non-hydrogen) atoms. The molecule has 1 aromatic carbocycles.